The molecular formula is C24H27N3O4. The third kappa shape index (κ3) is 4.94. The van der Waals surface area contributed by atoms with Crippen LogP contribution in [0.5, 0.6) is 0 Å². The van der Waals surface area contributed by atoms with Gasteiger partial charge in [-0.05, 0) is 36.5 Å². The zero-order chi connectivity index (χ0) is 21.8. The summed E-state index contributed by atoms with van der Waals surface area (Å²) in [4.78, 5) is 31.3. The van der Waals surface area contributed by atoms with Gasteiger partial charge in [0, 0.05) is 25.6 Å². The molecule has 0 aliphatic carbocycles. The van der Waals surface area contributed by atoms with E-state index in [1.165, 1.54) is 23.2 Å². The first-order chi connectivity index (χ1) is 14.9. The van der Waals surface area contributed by atoms with E-state index in [1.54, 1.807) is 12.1 Å². The topological polar surface area (TPSA) is 88.6 Å². The average molecular weight is 421 g/mol. The smallest absolute Gasteiger partial charge is 0.254 e. The number of piperidine rings is 1. The second-order valence-electron chi connectivity index (χ2n) is 8.34. The van der Waals surface area contributed by atoms with Crippen LogP contribution in [0.15, 0.2) is 70.3 Å². The molecule has 0 radical (unpaired) electrons. The number of nitrogens with zero attached hydrogens (tertiary/aromatic N) is 3. The molecule has 1 aliphatic rings. The highest BCUT2D eigenvalue weighted by atomic mass is 16.3. The van der Waals surface area contributed by atoms with Gasteiger partial charge in [-0.3, -0.25) is 14.2 Å². The summed E-state index contributed by atoms with van der Waals surface area (Å²) < 4.78 is 6.69. The van der Waals surface area contributed by atoms with Crippen LogP contribution in [0.2, 0.25) is 0 Å². The Morgan fingerprint density at radius 2 is 1.94 bits per heavy atom. The molecule has 1 atom stereocenters. The lowest BCUT2D eigenvalue weighted by Gasteiger charge is -2.38. The third-order valence-corrected chi connectivity index (χ3v) is 6.01. The molecule has 162 valence electrons. The van der Waals surface area contributed by atoms with E-state index in [0.717, 1.165) is 5.56 Å². The Morgan fingerprint density at radius 3 is 2.58 bits per heavy atom. The normalized spacial score (nSPS) is 16.8. The molecule has 7 nitrogen and oxygen atoms in total. The molecule has 31 heavy (non-hydrogen) atoms. The lowest BCUT2D eigenvalue weighted by molar-refractivity contribution is -0.136. The van der Waals surface area contributed by atoms with E-state index < -0.39 is 5.60 Å². The fourth-order valence-corrected chi connectivity index (χ4v) is 4.04. The van der Waals surface area contributed by atoms with Crippen molar-refractivity contribution in [1.29, 1.82) is 0 Å². The number of hydrogen-bond acceptors (Lipinski definition) is 5. The van der Waals surface area contributed by atoms with E-state index in [9.17, 15) is 14.7 Å². The number of carbonyl (C=O) groups excluding carboxylic acids is 1. The molecule has 3 aromatic rings. The van der Waals surface area contributed by atoms with Gasteiger partial charge in [-0.2, -0.15) is 0 Å². The predicted octanol–water partition coefficient (Wildman–Crippen LogP) is 3.05. The first-order valence-corrected chi connectivity index (χ1v) is 10.6. The molecule has 2 aromatic heterocycles. The van der Waals surface area contributed by atoms with Crippen molar-refractivity contribution in [2.45, 2.75) is 44.2 Å². The SMILES string of the molecule is C[C@H](CC(=O)N1CCC(O)(Cn2cnc(-c3ccco3)cc2=O)CC1)c1ccccc1. The van der Waals surface area contributed by atoms with E-state index in [4.69, 9.17) is 4.42 Å². The van der Waals surface area contributed by atoms with Gasteiger partial charge in [-0.25, -0.2) is 4.98 Å². The minimum Gasteiger partial charge on any atom is -0.463 e. The van der Waals surface area contributed by atoms with Crippen molar-refractivity contribution in [2.24, 2.45) is 0 Å². The summed E-state index contributed by atoms with van der Waals surface area (Å²) in [5.41, 5.74) is 0.324. The highest BCUT2D eigenvalue weighted by Gasteiger charge is 2.34. The minimum atomic E-state index is -1.04. The van der Waals surface area contributed by atoms with E-state index in [-0.39, 0.29) is 23.9 Å². The van der Waals surface area contributed by atoms with E-state index >= 15 is 0 Å². The number of furan rings is 1. The number of aromatic nitrogens is 2. The van der Waals surface area contributed by atoms with Crippen LogP contribution in [0.25, 0.3) is 11.5 Å². The molecular weight excluding hydrogens is 394 g/mol. The Bertz CT molecular complexity index is 1070. The lowest BCUT2D eigenvalue weighted by Crippen LogP contribution is -2.49. The summed E-state index contributed by atoms with van der Waals surface area (Å²) >= 11 is 0. The predicted molar refractivity (Wildman–Crippen MR) is 116 cm³/mol. The van der Waals surface area contributed by atoms with Gasteiger partial charge < -0.3 is 14.4 Å². The van der Waals surface area contributed by atoms with Gasteiger partial charge >= 0.3 is 0 Å². The second kappa shape index (κ2) is 8.89. The molecule has 0 saturated carbocycles. The maximum absolute atomic E-state index is 12.7. The third-order valence-electron chi connectivity index (χ3n) is 6.01. The number of likely N-dealkylation sites (tertiary alicyclic amines) is 1. The summed E-state index contributed by atoms with van der Waals surface area (Å²) in [5, 5.41) is 11.0. The molecule has 7 heteroatoms. The molecule has 1 N–H and O–H groups in total. The fraction of sp³-hybridized carbons (Fsp3) is 0.375. The summed E-state index contributed by atoms with van der Waals surface area (Å²) in [6, 6.07) is 14.9. The number of rotatable bonds is 6. The lowest BCUT2D eigenvalue weighted by atomic mass is 9.90. The van der Waals surface area contributed by atoms with Crippen molar-refractivity contribution in [2.75, 3.05) is 13.1 Å². The van der Waals surface area contributed by atoms with Gasteiger partial charge in [-0.1, -0.05) is 37.3 Å². The highest BCUT2D eigenvalue weighted by molar-refractivity contribution is 5.77. The van der Waals surface area contributed by atoms with E-state index in [1.807, 2.05) is 35.2 Å². The first-order valence-electron chi connectivity index (χ1n) is 10.6. The van der Waals surface area contributed by atoms with Crippen LogP contribution in [-0.4, -0.2) is 44.2 Å². The number of benzene rings is 1. The van der Waals surface area contributed by atoms with Gasteiger partial charge in [-0.15, -0.1) is 0 Å². The first kappa shape index (κ1) is 21.1. The number of amides is 1. The molecule has 1 amide bonds. The Kier molecular flexibility index (Phi) is 6.04. The van der Waals surface area contributed by atoms with Crippen LogP contribution in [0.1, 0.15) is 37.7 Å². The molecule has 1 aromatic carbocycles. The van der Waals surface area contributed by atoms with Crippen molar-refractivity contribution in [1.82, 2.24) is 14.5 Å². The van der Waals surface area contributed by atoms with Crippen LogP contribution in [0, 0.1) is 0 Å². The molecule has 3 heterocycles. The van der Waals surface area contributed by atoms with Crippen LogP contribution >= 0.6 is 0 Å². The number of aliphatic hydroxyl groups is 1. The highest BCUT2D eigenvalue weighted by Crippen LogP contribution is 2.26. The second-order valence-corrected chi connectivity index (χ2v) is 8.34. The molecule has 4 rings (SSSR count). The number of carbonyl (C=O) groups is 1. The van der Waals surface area contributed by atoms with Gasteiger partial charge in [0.15, 0.2) is 5.76 Å². The average Bonchev–Trinajstić information content (AvgIpc) is 3.31. The number of hydrogen-bond donors (Lipinski definition) is 1. The molecule has 1 fully saturated rings. The van der Waals surface area contributed by atoms with Gasteiger partial charge in [0.1, 0.15) is 5.69 Å². The minimum absolute atomic E-state index is 0.0973. The molecule has 0 unspecified atom stereocenters. The van der Waals surface area contributed by atoms with Crippen LogP contribution in [-0.2, 0) is 11.3 Å². The zero-order valence-corrected chi connectivity index (χ0v) is 17.6. The maximum atomic E-state index is 12.7. The van der Waals surface area contributed by atoms with Crippen LogP contribution < -0.4 is 5.56 Å². The molecule has 1 aliphatic heterocycles. The molecule has 0 bridgehead atoms. The summed E-state index contributed by atoms with van der Waals surface area (Å²) in [7, 11) is 0. The van der Waals surface area contributed by atoms with Gasteiger partial charge in [0.05, 0.1) is 24.7 Å². The molecule has 0 spiro atoms. The van der Waals surface area contributed by atoms with Crippen LogP contribution in [0.4, 0.5) is 0 Å². The monoisotopic (exact) mass is 421 g/mol. The van der Waals surface area contributed by atoms with Crippen molar-refractivity contribution >= 4 is 5.91 Å². The van der Waals surface area contributed by atoms with Gasteiger partial charge in [0.2, 0.25) is 5.91 Å². The fourth-order valence-electron chi connectivity index (χ4n) is 4.04. The van der Waals surface area contributed by atoms with E-state index in [0.29, 0.717) is 43.8 Å². The Labute approximate surface area is 181 Å². The summed E-state index contributed by atoms with van der Waals surface area (Å²) in [6.45, 7) is 3.16. The molecule has 1 saturated heterocycles. The van der Waals surface area contributed by atoms with Gasteiger partial charge in [0.25, 0.3) is 5.56 Å². The van der Waals surface area contributed by atoms with Crippen molar-refractivity contribution in [3.63, 3.8) is 0 Å². The Morgan fingerprint density at radius 1 is 1.19 bits per heavy atom. The summed E-state index contributed by atoms with van der Waals surface area (Å²) in [6.07, 6.45) is 4.26. The zero-order valence-electron chi connectivity index (χ0n) is 17.6. The van der Waals surface area contributed by atoms with Crippen molar-refractivity contribution in [3.05, 3.63) is 77.0 Å². The Balaban J connectivity index is 1.34. The van der Waals surface area contributed by atoms with E-state index in [2.05, 4.69) is 11.9 Å². The van der Waals surface area contributed by atoms with Crippen molar-refractivity contribution < 1.29 is 14.3 Å². The van der Waals surface area contributed by atoms with Crippen LogP contribution in [0.3, 0.4) is 0 Å². The maximum Gasteiger partial charge on any atom is 0.254 e. The summed E-state index contributed by atoms with van der Waals surface area (Å²) in [5.74, 6) is 0.770. The quantitative estimate of drug-likeness (QED) is 0.661. The Hall–Kier alpha value is -3.19. The largest absolute Gasteiger partial charge is 0.463 e. The van der Waals surface area contributed by atoms with Crippen molar-refractivity contribution in [3.8, 4) is 11.5 Å². The standard InChI is InChI=1S/C24H27N3O4/c1-18(19-6-3-2-4-7-19)14-22(28)26-11-9-24(30,10-12-26)16-27-17-25-20(15-23(27)29)21-8-5-13-31-21/h2-8,13,15,17-18,30H,9-12,14,16H2,1H3/t18-/m1/s1.